The highest BCUT2D eigenvalue weighted by Crippen LogP contribution is 2.24. The summed E-state index contributed by atoms with van der Waals surface area (Å²) in [6.45, 7) is 9.03. The van der Waals surface area contributed by atoms with Crippen molar-refractivity contribution in [2.75, 3.05) is 46.3 Å². The molecule has 2 heterocycles. The van der Waals surface area contributed by atoms with Gasteiger partial charge >= 0.3 is 0 Å². The van der Waals surface area contributed by atoms with Crippen molar-refractivity contribution in [2.45, 2.75) is 32.4 Å². The fourth-order valence-corrected chi connectivity index (χ4v) is 4.04. The highest BCUT2D eigenvalue weighted by Gasteiger charge is 2.31. The lowest BCUT2D eigenvalue weighted by Crippen LogP contribution is -2.51. The Morgan fingerprint density at radius 3 is 2.44 bits per heavy atom. The van der Waals surface area contributed by atoms with Crippen molar-refractivity contribution in [1.29, 1.82) is 0 Å². The Balaban J connectivity index is 1.62. The molecule has 2 atom stereocenters. The van der Waals surface area contributed by atoms with Crippen molar-refractivity contribution in [3.8, 4) is 0 Å². The van der Waals surface area contributed by atoms with Gasteiger partial charge in [-0.3, -0.25) is 9.69 Å². The average Bonchev–Trinajstić information content (AvgIpc) is 2.63. The molecule has 138 valence electrons. The summed E-state index contributed by atoms with van der Waals surface area (Å²) in [5, 5.41) is 0. The number of rotatable bonds is 4. The minimum atomic E-state index is 0.133. The fourth-order valence-electron chi connectivity index (χ4n) is 4.04. The van der Waals surface area contributed by atoms with Gasteiger partial charge in [0, 0.05) is 57.4 Å². The van der Waals surface area contributed by atoms with E-state index in [0.29, 0.717) is 12.5 Å². The summed E-state index contributed by atoms with van der Waals surface area (Å²) in [7, 11) is 2.17. The second-order valence-corrected chi connectivity index (χ2v) is 7.70. The van der Waals surface area contributed by atoms with Gasteiger partial charge in [-0.1, -0.05) is 19.1 Å². The van der Waals surface area contributed by atoms with Gasteiger partial charge < -0.3 is 15.5 Å². The maximum atomic E-state index is 12.9. The summed E-state index contributed by atoms with van der Waals surface area (Å²) in [5.41, 5.74) is 8.00. The number of carbonyl (C=O) groups excluding carboxylic acids is 1. The monoisotopic (exact) mass is 344 g/mol. The van der Waals surface area contributed by atoms with Crippen LogP contribution in [0.25, 0.3) is 0 Å². The number of nitrogens with zero attached hydrogens (tertiary/aromatic N) is 3. The molecule has 2 aliphatic heterocycles. The summed E-state index contributed by atoms with van der Waals surface area (Å²) in [6, 6.07) is 8.36. The van der Waals surface area contributed by atoms with Crippen molar-refractivity contribution < 1.29 is 4.79 Å². The Morgan fingerprint density at radius 1 is 1.12 bits per heavy atom. The molecule has 2 fully saturated rings. The molecular weight excluding hydrogens is 312 g/mol. The fraction of sp³-hybridized carbons (Fsp3) is 0.650. The van der Waals surface area contributed by atoms with Crippen LogP contribution < -0.4 is 5.73 Å². The molecule has 5 heteroatoms. The summed E-state index contributed by atoms with van der Waals surface area (Å²) >= 11 is 0. The van der Waals surface area contributed by atoms with Gasteiger partial charge in [0.25, 0.3) is 5.91 Å². The van der Waals surface area contributed by atoms with Crippen LogP contribution in [0.15, 0.2) is 24.3 Å². The number of likely N-dealkylation sites (N-methyl/N-ethyl adjacent to an activating group) is 1. The Hall–Kier alpha value is -1.43. The molecule has 25 heavy (non-hydrogen) atoms. The minimum absolute atomic E-state index is 0.133. The molecule has 0 spiro atoms. The lowest BCUT2D eigenvalue weighted by atomic mass is 9.90. The van der Waals surface area contributed by atoms with E-state index in [2.05, 4.69) is 35.9 Å². The van der Waals surface area contributed by atoms with E-state index in [-0.39, 0.29) is 11.9 Å². The SMILES string of the molecule is C[C@H]1CCCN(C(=O)c2ccc(CN3CCN(C)CC3)cc2)[C@H]1CN. The zero-order chi connectivity index (χ0) is 17.8. The van der Waals surface area contributed by atoms with Crippen molar-refractivity contribution in [3.63, 3.8) is 0 Å². The third-order valence-corrected chi connectivity index (χ3v) is 5.82. The van der Waals surface area contributed by atoms with E-state index >= 15 is 0 Å². The molecule has 0 bridgehead atoms. The van der Waals surface area contributed by atoms with Crippen LogP contribution in [0.2, 0.25) is 0 Å². The molecule has 0 unspecified atom stereocenters. The Bertz CT molecular complexity index is 566. The van der Waals surface area contributed by atoms with E-state index in [9.17, 15) is 4.79 Å². The summed E-state index contributed by atoms with van der Waals surface area (Å²) < 4.78 is 0. The molecule has 2 saturated heterocycles. The molecular formula is C20H32N4O. The van der Waals surface area contributed by atoms with Crippen LogP contribution >= 0.6 is 0 Å². The van der Waals surface area contributed by atoms with E-state index < -0.39 is 0 Å². The van der Waals surface area contributed by atoms with Crippen LogP contribution in [0.3, 0.4) is 0 Å². The van der Waals surface area contributed by atoms with Crippen LogP contribution in [0, 0.1) is 5.92 Å². The highest BCUT2D eigenvalue weighted by atomic mass is 16.2. The molecule has 0 radical (unpaired) electrons. The molecule has 2 aliphatic rings. The van der Waals surface area contributed by atoms with Crippen molar-refractivity contribution in [1.82, 2.24) is 14.7 Å². The number of benzene rings is 1. The Morgan fingerprint density at radius 2 is 1.80 bits per heavy atom. The second kappa shape index (κ2) is 8.30. The molecule has 1 amide bonds. The standard InChI is InChI=1S/C20H32N4O/c1-16-4-3-9-24(19(16)14-21)20(25)18-7-5-17(6-8-18)15-23-12-10-22(2)11-13-23/h5-8,16,19H,3-4,9-15,21H2,1-2H3/t16-,19-/m0/s1. The van der Waals surface area contributed by atoms with Crippen LogP contribution in [-0.4, -0.2) is 73.0 Å². The number of amides is 1. The summed E-state index contributed by atoms with van der Waals surface area (Å²) in [4.78, 5) is 19.7. The zero-order valence-corrected chi connectivity index (χ0v) is 15.7. The molecule has 0 aromatic heterocycles. The number of likely N-dealkylation sites (tertiary alicyclic amines) is 1. The average molecular weight is 345 g/mol. The summed E-state index contributed by atoms with van der Waals surface area (Å²) in [6.07, 6.45) is 2.24. The maximum Gasteiger partial charge on any atom is 0.254 e. The molecule has 0 aliphatic carbocycles. The van der Waals surface area contributed by atoms with Crippen LogP contribution in [-0.2, 0) is 6.54 Å². The zero-order valence-electron chi connectivity index (χ0n) is 15.7. The van der Waals surface area contributed by atoms with Gasteiger partial charge in [-0.15, -0.1) is 0 Å². The predicted octanol–water partition coefficient (Wildman–Crippen LogP) is 1.63. The van der Waals surface area contributed by atoms with E-state index in [4.69, 9.17) is 5.73 Å². The smallest absolute Gasteiger partial charge is 0.254 e. The Kier molecular flexibility index (Phi) is 6.10. The predicted molar refractivity (Wildman–Crippen MR) is 101 cm³/mol. The number of nitrogens with two attached hydrogens (primary N) is 1. The lowest BCUT2D eigenvalue weighted by molar-refractivity contribution is 0.0532. The number of piperazine rings is 1. The molecule has 1 aromatic carbocycles. The van der Waals surface area contributed by atoms with Gasteiger partial charge in [0.05, 0.1) is 0 Å². The molecule has 5 nitrogen and oxygen atoms in total. The first-order chi connectivity index (χ1) is 12.1. The van der Waals surface area contributed by atoms with Crippen LogP contribution in [0.1, 0.15) is 35.7 Å². The van der Waals surface area contributed by atoms with Gasteiger partial charge in [0.1, 0.15) is 0 Å². The number of hydrogen-bond acceptors (Lipinski definition) is 4. The first-order valence-electron chi connectivity index (χ1n) is 9.59. The van der Waals surface area contributed by atoms with Gasteiger partial charge in [-0.25, -0.2) is 0 Å². The maximum absolute atomic E-state index is 12.9. The first kappa shape index (κ1) is 18.4. The molecule has 1 aromatic rings. The number of carbonyl (C=O) groups is 1. The molecule has 0 saturated carbocycles. The number of piperidine rings is 1. The van der Waals surface area contributed by atoms with Crippen molar-refractivity contribution in [2.24, 2.45) is 11.7 Å². The third-order valence-electron chi connectivity index (χ3n) is 5.82. The second-order valence-electron chi connectivity index (χ2n) is 7.70. The quantitative estimate of drug-likeness (QED) is 0.902. The normalized spacial score (nSPS) is 26.0. The topological polar surface area (TPSA) is 52.8 Å². The highest BCUT2D eigenvalue weighted by molar-refractivity contribution is 5.94. The van der Waals surface area contributed by atoms with Gasteiger partial charge in [-0.2, -0.15) is 0 Å². The third kappa shape index (κ3) is 4.40. The van der Waals surface area contributed by atoms with Crippen LogP contribution in [0.4, 0.5) is 0 Å². The van der Waals surface area contributed by atoms with E-state index in [0.717, 1.165) is 57.7 Å². The molecule has 2 N–H and O–H groups in total. The number of hydrogen-bond donors (Lipinski definition) is 1. The Labute approximate surface area is 151 Å². The van der Waals surface area contributed by atoms with Gasteiger partial charge in [0.2, 0.25) is 0 Å². The largest absolute Gasteiger partial charge is 0.334 e. The van der Waals surface area contributed by atoms with Gasteiger partial charge in [0.15, 0.2) is 0 Å². The van der Waals surface area contributed by atoms with E-state index in [1.54, 1.807) is 0 Å². The minimum Gasteiger partial charge on any atom is -0.334 e. The van der Waals surface area contributed by atoms with Crippen molar-refractivity contribution >= 4 is 5.91 Å². The van der Waals surface area contributed by atoms with Crippen LogP contribution in [0.5, 0.6) is 0 Å². The first-order valence-corrected chi connectivity index (χ1v) is 9.59. The van der Waals surface area contributed by atoms with Gasteiger partial charge in [-0.05, 0) is 43.5 Å². The summed E-state index contributed by atoms with van der Waals surface area (Å²) in [5.74, 6) is 0.618. The van der Waals surface area contributed by atoms with E-state index in [1.807, 2.05) is 17.0 Å². The van der Waals surface area contributed by atoms with Crippen molar-refractivity contribution in [3.05, 3.63) is 35.4 Å². The molecule has 3 rings (SSSR count). The lowest BCUT2D eigenvalue weighted by Gasteiger charge is -2.39. The van der Waals surface area contributed by atoms with E-state index in [1.165, 1.54) is 5.56 Å².